The first-order valence-corrected chi connectivity index (χ1v) is 6.72. The predicted octanol–water partition coefficient (Wildman–Crippen LogP) is 1.68. The zero-order valence-corrected chi connectivity index (χ0v) is 11.8. The second-order valence-corrected chi connectivity index (χ2v) is 5.21. The molecule has 0 unspecified atom stereocenters. The third-order valence-corrected chi connectivity index (χ3v) is 3.66. The number of nitrogens with zero attached hydrogens (tertiary/aromatic N) is 3. The summed E-state index contributed by atoms with van der Waals surface area (Å²) in [5, 5.41) is 10.9. The van der Waals surface area contributed by atoms with E-state index in [0.29, 0.717) is 24.2 Å². The summed E-state index contributed by atoms with van der Waals surface area (Å²) in [6, 6.07) is 4.68. The molecule has 1 amide bonds. The van der Waals surface area contributed by atoms with E-state index < -0.39 is 4.92 Å². The van der Waals surface area contributed by atoms with E-state index in [1.165, 1.54) is 6.07 Å². The van der Waals surface area contributed by atoms with Crippen LogP contribution in [0.1, 0.15) is 22.3 Å². The lowest BCUT2D eigenvalue weighted by molar-refractivity contribution is -0.385. The van der Waals surface area contributed by atoms with Gasteiger partial charge in [0.15, 0.2) is 0 Å². The van der Waals surface area contributed by atoms with Crippen LogP contribution in [0.5, 0.6) is 0 Å². The highest BCUT2D eigenvalue weighted by atomic mass is 16.6. The molecular weight excluding hydrogens is 258 g/mol. The van der Waals surface area contributed by atoms with E-state index >= 15 is 0 Å². The number of aryl methyl sites for hydroxylation is 1. The van der Waals surface area contributed by atoms with Crippen LogP contribution in [0, 0.1) is 17.0 Å². The number of likely N-dealkylation sites (N-methyl/N-ethyl adjacent to an activating group) is 1. The summed E-state index contributed by atoms with van der Waals surface area (Å²) in [5.74, 6) is -0.122. The number of hydrogen-bond donors (Lipinski definition) is 0. The molecule has 6 heteroatoms. The first kappa shape index (κ1) is 14.5. The van der Waals surface area contributed by atoms with E-state index in [2.05, 4.69) is 4.90 Å². The minimum Gasteiger partial charge on any atom is -0.337 e. The van der Waals surface area contributed by atoms with Crippen LogP contribution in [-0.2, 0) is 0 Å². The number of rotatable bonds is 2. The van der Waals surface area contributed by atoms with Crippen molar-refractivity contribution in [1.29, 1.82) is 0 Å². The average molecular weight is 277 g/mol. The molecule has 2 rings (SSSR count). The molecule has 0 aliphatic carbocycles. The van der Waals surface area contributed by atoms with Crippen LogP contribution in [0.3, 0.4) is 0 Å². The molecule has 0 bridgehead atoms. The summed E-state index contributed by atoms with van der Waals surface area (Å²) in [5.41, 5.74) is 0.969. The number of nitro groups is 1. The van der Waals surface area contributed by atoms with Crippen LogP contribution >= 0.6 is 0 Å². The van der Waals surface area contributed by atoms with Crippen molar-refractivity contribution in [2.24, 2.45) is 0 Å². The Kier molecular flexibility index (Phi) is 4.34. The zero-order chi connectivity index (χ0) is 14.7. The highest BCUT2D eigenvalue weighted by Gasteiger charge is 2.21. The number of nitro benzene ring substituents is 1. The van der Waals surface area contributed by atoms with E-state index in [4.69, 9.17) is 0 Å². The summed E-state index contributed by atoms with van der Waals surface area (Å²) in [7, 11) is 2.03. The van der Waals surface area contributed by atoms with Gasteiger partial charge in [-0.3, -0.25) is 14.9 Å². The highest BCUT2D eigenvalue weighted by molar-refractivity contribution is 5.95. The summed E-state index contributed by atoms with van der Waals surface area (Å²) < 4.78 is 0. The van der Waals surface area contributed by atoms with Crippen LogP contribution in [0.2, 0.25) is 0 Å². The normalized spacial score (nSPS) is 16.8. The predicted molar refractivity (Wildman–Crippen MR) is 75.9 cm³/mol. The number of carbonyl (C=O) groups is 1. The maximum atomic E-state index is 12.4. The second-order valence-electron chi connectivity index (χ2n) is 5.21. The topological polar surface area (TPSA) is 66.7 Å². The van der Waals surface area contributed by atoms with Gasteiger partial charge in [-0.15, -0.1) is 0 Å². The Balaban J connectivity index is 2.20. The molecule has 0 saturated carbocycles. The van der Waals surface area contributed by atoms with Gasteiger partial charge in [-0.25, -0.2) is 0 Å². The molecule has 1 aromatic carbocycles. The molecule has 6 nitrogen and oxygen atoms in total. The molecular formula is C14H19N3O3. The van der Waals surface area contributed by atoms with Crippen LogP contribution in [0.15, 0.2) is 18.2 Å². The number of amides is 1. The van der Waals surface area contributed by atoms with Gasteiger partial charge in [0, 0.05) is 36.8 Å². The largest absolute Gasteiger partial charge is 0.337 e. The van der Waals surface area contributed by atoms with Gasteiger partial charge in [0.25, 0.3) is 11.6 Å². The lowest BCUT2D eigenvalue weighted by Gasteiger charge is -2.20. The van der Waals surface area contributed by atoms with Crippen molar-refractivity contribution in [3.05, 3.63) is 39.4 Å². The molecule has 1 aliphatic rings. The Morgan fingerprint density at radius 2 is 2.00 bits per heavy atom. The summed E-state index contributed by atoms with van der Waals surface area (Å²) in [6.45, 7) is 4.84. The molecule has 1 aromatic rings. The molecule has 1 aliphatic heterocycles. The molecule has 108 valence electrons. The van der Waals surface area contributed by atoms with E-state index in [1.807, 2.05) is 7.05 Å². The summed E-state index contributed by atoms with van der Waals surface area (Å²) >= 11 is 0. The lowest BCUT2D eigenvalue weighted by Crippen LogP contribution is -2.34. The van der Waals surface area contributed by atoms with Crippen molar-refractivity contribution in [3.63, 3.8) is 0 Å². The number of hydrogen-bond acceptors (Lipinski definition) is 4. The number of carbonyl (C=O) groups excluding carboxylic acids is 1. The van der Waals surface area contributed by atoms with Crippen molar-refractivity contribution in [2.45, 2.75) is 13.3 Å². The first-order valence-electron chi connectivity index (χ1n) is 6.72. The molecule has 0 aromatic heterocycles. The molecule has 0 spiro atoms. The quantitative estimate of drug-likeness (QED) is 0.609. The van der Waals surface area contributed by atoms with Gasteiger partial charge in [0.05, 0.1) is 4.92 Å². The molecule has 1 heterocycles. The summed E-state index contributed by atoms with van der Waals surface area (Å²) in [4.78, 5) is 26.9. The molecule has 1 fully saturated rings. The van der Waals surface area contributed by atoms with Crippen molar-refractivity contribution >= 4 is 11.6 Å². The first-order chi connectivity index (χ1) is 9.49. The fourth-order valence-electron chi connectivity index (χ4n) is 2.37. The van der Waals surface area contributed by atoms with E-state index in [9.17, 15) is 14.9 Å². The maximum absolute atomic E-state index is 12.4. The lowest BCUT2D eigenvalue weighted by atomic mass is 10.1. The van der Waals surface area contributed by atoms with Crippen LogP contribution in [0.25, 0.3) is 0 Å². The minimum atomic E-state index is -0.442. The maximum Gasteiger partial charge on any atom is 0.273 e. The van der Waals surface area contributed by atoms with Gasteiger partial charge < -0.3 is 9.80 Å². The van der Waals surface area contributed by atoms with Gasteiger partial charge in [0.1, 0.15) is 0 Å². The molecule has 0 radical (unpaired) electrons. The van der Waals surface area contributed by atoms with Crippen molar-refractivity contribution in [1.82, 2.24) is 9.80 Å². The third-order valence-electron chi connectivity index (χ3n) is 3.66. The van der Waals surface area contributed by atoms with E-state index in [0.717, 1.165) is 19.5 Å². The fourth-order valence-corrected chi connectivity index (χ4v) is 2.37. The fraction of sp³-hybridized carbons (Fsp3) is 0.500. The Morgan fingerprint density at radius 3 is 2.70 bits per heavy atom. The van der Waals surface area contributed by atoms with Crippen LogP contribution in [-0.4, -0.2) is 53.9 Å². The summed E-state index contributed by atoms with van der Waals surface area (Å²) in [6.07, 6.45) is 0.927. The van der Waals surface area contributed by atoms with Gasteiger partial charge in [0.2, 0.25) is 0 Å². The van der Waals surface area contributed by atoms with Gasteiger partial charge in [-0.05, 0) is 33.0 Å². The monoisotopic (exact) mass is 277 g/mol. The van der Waals surface area contributed by atoms with Gasteiger partial charge in [-0.2, -0.15) is 0 Å². The Hall–Kier alpha value is -1.95. The van der Waals surface area contributed by atoms with E-state index in [1.54, 1.807) is 24.0 Å². The van der Waals surface area contributed by atoms with Crippen molar-refractivity contribution < 1.29 is 9.72 Å². The molecule has 20 heavy (non-hydrogen) atoms. The van der Waals surface area contributed by atoms with Gasteiger partial charge >= 0.3 is 0 Å². The molecule has 1 saturated heterocycles. The highest BCUT2D eigenvalue weighted by Crippen LogP contribution is 2.20. The van der Waals surface area contributed by atoms with Crippen LogP contribution in [0.4, 0.5) is 5.69 Å². The average Bonchev–Trinajstić information content (AvgIpc) is 2.63. The Labute approximate surface area is 118 Å². The minimum absolute atomic E-state index is 0.00258. The second kappa shape index (κ2) is 6.00. The SMILES string of the molecule is Cc1ccc(C(=O)N2CCCN(C)CC2)cc1[N+](=O)[O-]. The number of benzene rings is 1. The van der Waals surface area contributed by atoms with Crippen molar-refractivity contribution in [3.8, 4) is 0 Å². The van der Waals surface area contributed by atoms with Crippen LogP contribution < -0.4 is 0 Å². The van der Waals surface area contributed by atoms with Gasteiger partial charge in [-0.1, -0.05) is 6.07 Å². The van der Waals surface area contributed by atoms with E-state index in [-0.39, 0.29) is 11.6 Å². The standard InChI is InChI=1S/C14H19N3O3/c1-11-4-5-12(10-13(11)17(19)20)14(18)16-7-3-6-15(2)8-9-16/h4-5,10H,3,6-9H2,1-2H3. The zero-order valence-electron chi connectivity index (χ0n) is 11.8. The molecule has 0 atom stereocenters. The smallest absolute Gasteiger partial charge is 0.273 e. The van der Waals surface area contributed by atoms with Crippen molar-refractivity contribution in [2.75, 3.05) is 33.2 Å². The third kappa shape index (κ3) is 3.14. The molecule has 0 N–H and O–H groups in total. The Morgan fingerprint density at radius 1 is 1.25 bits per heavy atom. The Bertz CT molecular complexity index is 530.